The minimum Gasteiger partial charge on any atom is -0.393 e. The van der Waals surface area contributed by atoms with Crippen molar-refractivity contribution in [3.63, 3.8) is 0 Å². The lowest BCUT2D eigenvalue weighted by atomic mass is 9.88. The summed E-state index contributed by atoms with van der Waals surface area (Å²) >= 11 is 0. The zero-order chi connectivity index (χ0) is 12.6. The summed E-state index contributed by atoms with van der Waals surface area (Å²) in [6, 6.07) is -1.46. The highest BCUT2D eigenvalue weighted by Gasteiger charge is 2.56. The smallest absolute Gasteiger partial charge is 0.228 e. The van der Waals surface area contributed by atoms with Crippen LogP contribution in [0.25, 0.3) is 0 Å². The molecule has 1 saturated heterocycles. The molecule has 1 aliphatic heterocycles. The Kier molecular flexibility index (Phi) is 3.65. The van der Waals surface area contributed by atoms with Crippen LogP contribution < -0.4 is 5.73 Å². The van der Waals surface area contributed by atoms with E-state index in [0.717, 1.165) is 0 Å². The number of hydrogen-bond acceptors (Lipinski definition) is 8. The molecule has 8 nitrogen and oxygen atoms in total. The maximum absolute atomic E-state index is 10.6. The fraction of sp³-hybridized carbons (Fsp3) is 0.875. The highest BCUT2D eigenvalue weighted by atomic mass is 16.7. The van der Waals surface area contributed by atoms with E-state index >= 15 is 0 Å². The average Bonchev–Trinajstić information content (AvgIpc) is 2.24. The van der Waals surface area contributed by atoms with Crippen LogP contribution in [0.3, 0.4) is 0 Å². The molecule has 0 aromatic rings. The number of nitrogens with two attached hydrogens (primary N) is 1. The van der Waals surface area contributed by atoms with Crippen LogP contribution in [-0.2, 0) is 9.53 Å². The summed E-state index contributed by atoms with van der Waals surface area (Å²) in [7, 11) is 0. The van der Waals surface area contributed by atoms with Crippen molar-refractivity contribution >= 4 is 6.29 Å². The van der Waals surface area contributed by atoms with Crippen molar-refractivity contribution < 1.29 is 35.1 Å². The number of carbonyl (C=O) groups is 1. The number of aliphatic hydroxyl groups excluding tert-OH is 3. The van der Waals surface area contributed by atoms with Crippen molar-refractivity contribution in [2.75, 3.05) is 6.61 Å². The highest BCUT2D eigenvalue weighted by Crippen LogP contribution is 2.33. The summed E-state index contributed by atoms with van der Waals surface area (Å²) in [6.45, 7) is -0.911. The molecule has 7 N–H and O–H groups in total. The molecule has 0 radical (unpaired) electrons. The Morgan fingerprint density at radius 2 is 2.12 bits per heavy atom. The predicted octanol–water partition coefficient (Wildman–Crippen LogP) is -3.98. The molecule has 5 atom stereocenters. The van der Waals surface area contributed by atoms with Crippen molar-refractivity contribution in [1.29, 1.82) is 0 Å². The molecule has 0 amide bonds. The molecule has 8 heteroatoms. The van der Waals surface area contributed by atoms with E-state index in [0.29, 0.717) is 0 Å². The van der Waals surface area contributed by atoms with Crippen molar-refractivity contribution in [3.8, 4) is 0 Å². The predicted molar refractivity (Wildman–Crippen MR) is 48.7 cm³/mol. The maximum atomic E-state index is 10.6. The molecule has 5 unspecified atom stereocenters. The molecular formula is C8H15NO7. The van der Waals surface area contributed by atoms with Gasteiger partial charge < -0.3 is 36.0 Å². The van der Waals surface area contributed by atoms with Crippen LogP contribution in [0.4, 0.5) is 0 Å². The van der Waals surface area contributed by atoms with Crippen LogP contribution in [-0.4, -0.2) is 68.2 Å². The summed E-state index contributed by atoms with van der Waals surface area (Å²) in [5, 5.41) is 46.8. The van der Waals surface area contributed by atoms with Crippen LogP contribution in [0, 0.1) is 0 Å². The minimum absolute atomic E-state index is 0.0306. The molecule has 1 fully saturated rings. The molecule has 0 spiro atoms. The lowest BCUT2D eigenvalue weighted by Crippen LogP contribution is -2.71. The number of aldehydes is 1. The molecule has 0 aliphatic carbocycles. The fourth-order valence-corrected chi connectivity index (χ4v) is 1.59. The fourth-order valence-electron chi connectivity index (χ4n) is 1.59. The second kappa shape index (κ2) is 4.34. The van der Waals surface area contributed by atoms with Crippen LogP contribution in [0.15, 0.2) is 0 Å². The van der Waals surface area contributed by atoms with Gasteiger partial charge in [-0.1, -0.05) is 0 Å². The van der Waals surface area contributed by atoms with Gasteiger partial charge in [-0.25, -0.2) is 0 Å². The van der Waals surface area contributed by atoms with E-state index in [-0.39, 0.29) is 6.29 Å². The van der Waals surface area contributed by atoms with E-state index in [1.165, 1.54) is 0 Å². The third-order valence-electron chi connectivity index (χ3n) is 2.57. The Bertz CT molecular complexity index is 275. The second-order valence-corrected chi connectivity index (χ2v) is 3.81. The van der Waals surface area contributed by atoms with E-state index in [9.17, 15) is 25.2 Å². The molecular weight excluding hydrogens is 222 g/mol. The Morgan fingerprint density at radius 1 is 1.56 bits per heavy atom. The molecule has 1 rings (SSSR count). The monoisotopic (exact) mass is 237 g/mol. The van der Waals surface area contributed by atoms with Gasteiger partial charge in [0.05, 0.1) is 18.8 Å². The van der Waals surface area contributed by atoms with Crippen molar-refractivity contribution in [3.05, 3.63) is 0 Å². The minimum atomic E-state index is -2.60. The largest absolute Gasteiger partial charge is 0.393 e. The van der Waals surface area contributed by atoms with Gasteiger partial charge in [-0.3, -0.25) is 4.79 Å². The van der Waals surface area contributed by atoms with E-state index in [2.05, 4.69) is 4.74 Å². The summed E-state index contributed by atoms with van der Waals surface area (Å²) in [5.74, 6) is -5.04. The first-order chi connectivity index (χ1) is 7.29. The molecule has 16 heavy (non-hydrogen) atoms. The first kappa shape index (κ1) is 13.5. The number of rotatable bonds is 3. The Labute approximate surface area is 90.9 Å². The van der Waals surface area contributed by atoms with Crippen molar-refractivity contribution in [2.24, 2.45) is 5.73 Å². The van der Waals surface area contributed by atoms with Crippen LogP contribution in [0.1, 0.15) is 6.42 Å². The van der Waals surface area contributed by atoms with Crippen LogP contribution >= 0.6 is 0 Å². The standard InChI is InChI=1S/C8H15NO7/c9-6-4(12)1-7(14,3-11)16-8(6,15)5(13)2-10/h3-6,10,12-15H,1-2,9H2. The quantitative estimate of drug-likeness (QED) is 0.272. The maximum Gasteiger partial charge on any atom is 0.228 e. The molecule has 1 heterocycles. The van der Waals surface area contributed by atoms with Gasteiger partial charge in [0, 0.05) is 6.42 Å². The Balaban J connectivity index is 3.02. The molecule has 94 valence electrons. The molecule has 0 bridgehead atoms. The third kappa shape index (κ3) is 2.09. The molecule has 0 aromatic heterocycles. The molecule has 1 aliphatic rings. The van der Waals surface area contributed by atoms with Gasteiger partial charge >= 0.3 is 0 Å². The molecule has 0 aromatic carbocycles. The highest BCUT2D eigenvalue weighted by molar-refractivity contribution is 5.60. The first-order valence-electron chi connectivity index (χ1n) is 4.63. The lowest BCUT2D eigenvalue weighted by molar-refractivity contribution is -0.382. The average molecular weight is 237 g/mol. The van der Waals surface area contributed by atoms with Crippen LogP contribution in [0.5, 0.6) is 0 Å². The zero-order valence-corrected chi connectivity index (χ0v) is 8.35. The van der Waals surface area contributed by atoms with E-state index in [1.54, 1.807) is 0 Å². The molecule has 0 saturated carbocycles. The van der Waals surface area contributed by atoms with Crippen molar-refractivity contribution in [1.82, 2.24) is 0 Å². The van der Waals surface area contributed by atoms with Gasteiger partial charge in [-0.15, -0.1) is 0 Å². The van der Waals surface area contributed by atoms with E-state index in [4.69, 9.17) is 10.8 Å². The topological polar surface area (TPSA) is 153 Å². The van der Waals surface area contributed by atoms with Gasteiger partial charge in [-0.2, -0.15) is 0 Å². The van der Waals surface area contributed by atoms with E-state index in [1.807, 2.05) is 0 Å². The van der Waals surface area contributed by atoms with E-state index < -0.39 is 42.9 Å². The number of hydrogen-bond donors (Lipinski definition) is 6. The number of ether oxygens (including phenoxy) is 1. The van der Waals surface area contributed by atoms with Gasteiger partial charge in [-0.05, 0) is 0 Å². The van der Waals surface area contributed by atoms with Gasteiger partial charge in [0.1, 0.15) is 6.10 Å². The lowest BCUT2D eigenvalue weighted by Gasteiger charge is -2.47. The Morgan fingerprint density at radius 3 is 2.56 bits per heavy atom. The van der Waals surface area contributed by atoms with Gasteiger partial charge in [0.15, 0.2) is 6.29 Å². The number of carbonyl (C=O) groups excluding carboxylic acids is 1. The summed E-state index contributed by atoms with van der Waals surface area (Å²) in [6.07, 6.45) is -3.88. The summed E-state index contributed by atoms with van der Waals surface area (Å²) < 4.78 is 4.59. The first-order valence-corrected chi connectivity index (χ1v) is 4.63. The van der Waals surface area contributed by atoms with Gasteiger partial charge in [0.25, 0.3) is 0 Å². The Hall–Kier alpha value is -0.610. The zero-order valence-electron chi connectivity index (χ0n) is 8.35. The normalized spacial score (nSPS) is 46.4. The third-order valence-corrected chi connectivity index (χ3v) is 2.57. The van der Waals surface area contributed by atoms with Crippen molar-refractivity contribution in [2.45, 2.75) is 36.2 Å². The SMILES string of the molecule is NC1C(O)CC(O)(C=O)OC1(O)C(O)CO. The van der Waals surface area contributed by atoms with Crippen LogP contribution in [0.2, 0.25) is 0 Å². The number of aliphatic hydroxyl groups is 5. The second-order valence-electron chi connectivity index (χ2n) is 3.81. The van der Waals surface area contributed by atoms with Gasteiger partial charge in [0.2, 0.25) is 11.6 Å². The summed E-state index contributed by atoms with van der Waals surface area (Å²) in [5.41, 5.74) is 5.39. The summed E-state index contributed by atoms with van der Waals surface area (Å²) in [4.78, 5) is 10.6.